The Hall–Kier alpha value is -1.89. The lowest BCUT2D eigenvalue weighted by Crippen LogP contribution is -2.34. The van der Waals surface area contributed by atoms with E-state index in [1.807, 2.05) is 30.3 Å². The van der Waals surface area contributed by atoms with Crippen LogP contribution in [0.2, 0.25) is 0 Å². The van der Waals surface area contributed by atoms with E-state index in [1.165, 1.54) is 5.69 Å². The van der Waals surface area contributed by atoms with Crippen molar-refractivity contribution in [1.29, 1.82) is 0 Å². The Kier molecular flexibility index (Phi) is 6.46. The normalized spacial score (nSPS) is 21.5. The van der Waals surface area contributed by atoms with Crippen molar-refractivity contribution in [3.05, 3.63) is 65.7 Å². The van der Waals surface area contributed by atoms with Crippen LogP contribution >= 0.6 is 0 Å². The van der Waals surface area contributed by atoms with Crippen LogP contribution in [0.15, 0.2) is 54.6 Å². The zero-order chi connectivity index (χ0) is 21.1. The molecule has 0 N–H and O–H groups in total. The van der Waals surface area contributed by atoms with E-state index in [2.05, 4.69) is 43.0 Å². The quantitative estimate of drug-likeness (QED) is 0.642. The number of hydrogen-bond donors (Lipinski definition) is 0. The SMILES string of the molecule is CC(C)CN(Cc1ccc(N2CC3COCC3C2)cc1)S(=O)(=O)Cc1ccccc1. The van der Waals surface area contributed by atoms with Crippen molar-refractivity contribution in [3.8, 4) is 0 Å². The molecule has 2 heterocycles. The lowest BCUT2D eigenvalue weighted by atomic mass is 10.0. The zero-order valence-corrected chi connectivity index (χ0v) is 18.7. The molecule has 2 aliphatic rings. The number of sulfonamides is 1. The lowest BCUT2D eigenvalue weighted by molar-refractivity contribution is 0.177. The molecule has 0 radical (unpaired) electrons. The highest BCUT2D eigenvalue weighted by atomic mass is 32.2. The van der Waals surface area contributed by atoms with Crippen molar-refractivity contribution < 1.29 is 13.2 Å². The van der Waals surface area contributed by atoms with Gasteiger partial charge in [0, 0.05) is 43.7 Å². The second-order valence-corrected chi connectivity index (χ2v) is 11.0. The van der Waals surface area contributed by atoms with Gasteiger partial charge in [-0.25, -0.2) is 8.42 Å². The standard InChI is InChI=1S/C24H32N2O3S/c1-19(2)12-26(30(27,28)18-21-6-4-3-5-7-21)13-20-8-10-24(11-9-20)25-14-22-16-29-17-23(22)15-25/h3-11,19,22-23H,12-18H2,1-2H3. The van der Waals surface area contributed by atoms with Crippen LogP contribution in [0.4, 0.5) is 5.69 Å². The molecule has 0 aromatic heterocycles. The Morgan fingerprint density at radius 1 is 0.967 bits per heavy atom. The molecule has 5 nitrogen and oxygen atoms in total. The predicted molar refractivity (Wildman–Crippen MR) is 121 cm³/mol. The summed E-state index contributed by atoms with van der Waals surface area (Å²) in [5, 5.41) is 0. The maximum Gasteiger partial charge on any atom is 0.218 e. The highest BCUT2D eigenvalue weighted by Crippen LogP contribution is 2.32. The van der Waals surface area contributed by atoms with Crippen LogP contribution in [0, 0.1) is 17.8 Å². The van der Waals surface area contributed by atoms with Gasteiger partial charge in [-0.3, -0.25) is 0 Å². The van der Waals surface area contributed by atoms with Gasteiger partial charge in [-0.2, -0.15) is 4.31 Å². The van der Waals surface area contributed by atoms with Gasteiger partial charge in [-0.05, 0) is 29.2 Å². The van der Waals surface area contributed by atoms with Crippen LogP contribution in [-0.4, -0.2) is 45.6 Å². The maximum atomic E-state index is 13.1. The summed E-state index contributed by atoms with van der Waals surface area (Å²) in [6.45, 7) is 8.90. The second-order valence-electron chi connectivity index (χ2n) is 9.06. The average molecular weight is 429 g/mol. The fourth-order valence-corrected chi connectivity index (χ4v) is 6.14. The summed E-state index contributed by atoms with van der Waals surface area (Å²) in [4.78, 5) is 2.43. The van der Waals surface area contributed by atoms with Crippen molar-refractivity contribution in [2.24, 2.45) is 17.8 Å². The van der Waals surface area contributed by atoms with Crippen LogP contribution in [0.3, 0.4) is 0 Å². The van der Waals surface area contributed by atoms with Gasteiger partial charge >= 0.3 is 0 Å². The number of rotatable bonds is 8. The van der Waals surface area contributed by atoms with E-state index in [4.69, 9.17) is 4.74 Å². The maximum absolute atomic E-state index is 13.1. The monoisotopic (exact) mass is 428 g/mol. The third kappa shape index (κ3) is 5.05. The number of anilines is 1. The molecule has 30 heavy (non-hydrogen) atoms. The molecule has 4 rings (SSSR count). The summed E-state index contributed by atoms with van der Waals surface area (Å²) in [7, 11) is -3.40. The lowest BCUT2D eigenvalue weighted by Gasteiger charge is -2.25. The van der Waals surface area contributed by atoms with Crippen LogP contribution in [-0.2, 0) is 27.1 Å². The molecule has 2 atom stereocenters. The van der Waals surface area contributed by atoms with Gasteiger partial charge in [-0.1, -0.05) is 56.3 Å². The first-order valence-corrected chi connectivity index (χ1v) is 12.4. The Morgan fingerprint density at radius 3 is 2.20 bits per heavy atom. The molecule has 0 aliphatic carbocycles. The number of fused-ring (bicyclic) bond motifs is 1. The van der Waals surface area contributed by atoms with Crippen molar-refractivity contribution in [2.45, 2.75) is 26.1 Å². The number of hydrogen-bond acceptors (Lipinski definition) is 4. The van der Waals surface area contributed by atoms with Crippen molar-refractivity contribution in [1.82, 2.24) is 4.31 Å². The van der Waals surface area contributed by atoms with Crippen molar-refractivity contribution in [2.75, 3.05) is 37.7 Å². The van der Waals surface area contributed by atoms with Gasteiger partial charge in [0.05, 0.1) is 19.0 Å². The molecule has 0 spiro atoms. The van der Waals surface area contributed by atoms with E-state index in [0.29, 0.717) is 24.9 Å². The highest BCUT2D eigenvalue weighted by molar-refractivity contribution is 7.88. The number of nitrogens with zero attached hydrogens (tertiary/aromatic N) is 2. The Labute approximate surface area is 180 Å². The van der Waals surface area contributed by atoms with Crippen LogP contribution in [0.1, 0.15) is 25.0 Å². The summed E-state index contributed by atoms with van der Waals surface area (Å²) in [6.07, 6.45) is 0. The first-order chi connectivity index (χ1) is 14.4. The van der Waals surface area contributed by atoms with Gasteiger partial charge in [0.15, 0.2) is 0 Å². The molecule has 0 saturated carbocycles. The van der Waals surface area contributed by atoms with E-state index in [1.54, 1.807) is 4.31 Å². The molecule has 2 unspecified atom stereocenters. The van der Waals surface area contributed by atoms with Gasteiger partial charge in [0.2, 0.25) is 10.0 Å². The minimum Gasteiger partial charge on any atom is -0.381 e. The van der Waals surface area contributed by atoms with E-state index in [-0.39, 0.29) is 11.7 Å². The highest BCUT2D eigenvalue weighted by Gasteiger charge is 2.37. The molecule has 6 heteroatoms. The minimum atomic E-state index is -3.40. The molecule has 162 valence electrons. The molecule has 2 aliphatic heterocycles. The Bertz CT molecular complexity index is 917. The Morgan fingerprint density at radius 2 is 1.60 bits per heavy atom. The predicted octanol–water partition coefficient (Wildman–Crippen LogP) is 3.76. The zero-order valence-electron chi connectivity index (χ0n) is 17.9. The molecule has 2 fully saturated rings. The Balaban J connectivity index is 1.45. The van der Waals surface area contributed by atoms with E-state index in [9.17, 15) is 8.42 Å². The summed E-state index contributed by atoms with van der Waals surface area (Å²) in [5.41, 5.74) is 3.07. The van der Waals surface area contributed by atoms with Gasteiger partial charge in [0.1, 0.15) is 0 Å². The van der Waals surface area contributed by atoms with Gasteiger partial charge in [-0.15, -0.1) is 0 Å². The molecule has 2 aromatic carbocycles. The fourth-order valence-electron chi connectivity index (χ4n) is 4.47. The summed E-state index contributed by atoms with van der Waals surface area (Å²) < 4.78 is 33.5. The largest absolute Gasteiger partial charge is 0.381 e. The van der Waals surface area contributed by atoms with E-state index in [0.717, 1.165) is 37.4 Å². The van der Waals surface area contributed by atoms with Crippen LogP contribution in [0.5, 0.6) is 0 Å². The fraction of sp³-hybridized carbons (Fsp3) is 0.500. The smallest absolute Gasteiger partial charge is 0.218 e. The third-order valence-electron chi connectivity index (χ3n) is 6.05. The summed E-state index contributed by atoms with van der Waals surface area (Å²) >= 11 is 0. The summed E-state index contributed by atoms with van der Waals surface area (Å²) in [6, 6.07) is 17.8. The van der Waals surface area contributed by atoms with E-state index < -0.39 is 10.0 Å². The average Bonchev–Trinajstić information content (AvgIpc) is 3.30. The number of benzene rings is 2. The van der Waals surface area contributed by atoms with Gasteiger partial charge in [0.25, 0.3) is 0 Å². The molecule has 2 aromatic rings. The van der Waals surface area contributed by atoms with Gasteiger partial charge < -0.3 is 9.64 Å². The molecular formula is C24H32N2O3S. The van der Waals surface area contributed by atoms with Crippen LogP contribution < -0.4 is 4.90 Å². The summed E-state index contributed by atoms with van der Waals surface area (Å²) in [5.74, 6) is 1.60. The van der Waals surface area contributed by atoms with E-state index >= 15 is 0 Å². The molecule has 0 bridgehead atoms. The third-order valence-corrected chi connectivity index (χ3v) is 7.82. The first-order valence-electron chi connectivity index (χ1n) is 10.8. The topological polar surface area (TPSA) is 49.9 Å². The van der Waals surface area contributed by atoms with Crippen molar-refractivity contribution >= 4 is 15.7 Å². The minimum absolute atomic E-state index is 0.0390. The van der Waals surface area contributed by atoms with Crippen molar-refractivity contribution in [3.63, 3.8) is 0 Å². The molecular weight excluding hydrogens is 396 g/mol. The number of ether oxygens (including phenoxy) is 1. The molecule has 0 amide bonds. The second kappa shape index (κ2) is 9.08. The van der Waals surface area contributed by atoms with Crippen LogP contribution in [0.25, 0.3) is 0 Å². The molecule has 2 saturated heterocycles. The first kappa shape index (κ1) is 21.3.